The average Bonchev–Trinajstić information content (AvgIpc) is 2.87. The number of unbranched alkanes of at least 4 members (excludes halogenated alkanes) is 1. The average molecular weight is 524 g/mol. The molecule has 3 atom stereocenters. The lowest BCUT2D eigenvalue weighted by Gasteiger charge is -2.23. The molecular formula is C28H37N5O5. The van der Waals surface area contributed by atoms with Gasteiger partial charge in [-0.2, -0.15) is 0 Å². The van der Waals surface area contributed by atoms with Crippen molar-refractivity contribution in [3.8, 4) is 0 Å². The van der Waals surface area contributed by atoms with E-state index in [1.54, 1.807) is 12.1 Å². The third-order valence-electron chi connectivity index (χ3n) is 6.18. The first-order valence-electron chi connectivity index (χ1n) is 12.6. The molecule has 0 bridgehead atoms. The molecule has 0 spiro atoms. The Morgan fingerprint density at radius 1 is 0.816 bits per heavy atom. The summed E-state index contributed by atoms with van der Waals surface area (Å²) in [6.07, 6.45) is 1.12. The van der Waals surface area contributed by atoms with E-state index in [2.05, 4.69) is 10.6 Å². The number of Topliss-reactive ketones (excluding diaryl/α,β-unsaturated/α-hetero) is 1. The molecule has 2 aromatic rings. The van der Waals surface area contributed by atoms with Gasteiger partial charge in [0, 0.05) is 17.9 Å². The van der Waals surface area contributed by atoms with E-state index in [4.69, 9.17) is 17.2 Å². The lowest BCUT2D eigenvalue weighted by molar-refractivity contribution is -0.133. The number of carbonyl (C=O) groups excluding carboxylic acids is 5. The van der Waals surface area contributed by atoms with Crippen molar-refractivity contribution in [1.29, 1.82) is 0 Å². The number of hydrogen-bond acceptors (Lipinski definition) is 6. The number of hydrogen-bond donors (Lipinski definition) is 5. The summed E-state index contributed by atoms with van der Waals surface area (Å²) in [4.78, 5) is 62.6. The molecule has 0 aliphatic heterocycles. The first-order chi connectivity index (χ1) is 18.1. The molecule has 0 heterocycles. The third kappa shape index (κ3) is 10.1. The van der Waals surface area contributed by atoms with Gasteiger partial charge in [0.15, 0.2) is 5.78 Å². The molecule has 0 aromatic heterocycles. The van der Waals surface area contributed by atoms with Gasteiger partial charge in [-0.3, -0.25) is 24.0 Å². The Kier molecular flexibility index (Phi) is 12.1. The third-order valence-corrected chi connectivity index (χ3v) is 6.18. The molecular weight excluding hydrogens is 486 g/mol. The van der Waals surface area contributed by atoms with Gasteiger partial charge in [0.25, 0.3) is 5.91 Å². The Morgan fingerprint density at radius 3 is 2.05 bits per heavy atom. The van der Waals surface area contributed by atoms with E-state index in [0.29, 0.717) is 31.4 Å². The van der Waals surface area contributed by atoms with Crippen LogP contribution < -0.4 is 27.8 Å². The zero-order chi connectivity index (χ0) is 28.1. The lowest BCUT2D eigenvalue weighted by Crippen LogP contribution is -2.49. The summed E-state index contributed by atoms with van der Waals surface area (Å²) < 4.78 is 0. The van der Waals surface area contributed by atoms with Crippen LogP contribution in [-0.4, -0.2) is 48.0 Å². The van der Waals surface area contributed by atoms with Crippen LogP contribution in [0.25, 0.3) is 0 Å². The van der Waals surface area contributed by atoms with Gasteiger partial charge < -0.3 is 27.8 Å². The molecule has 0 saturated carbocycles. The number of primary amides is 2. The molecule has 10 nitrogen and oxygen atoms in total. The van der Waals surface area contributed by atoms with E-state index in [0.717, 1.165) is 11.1 Å². The minimum Gasteiger partial charge on any atom is -0.370 e. The van der Waals surface area contributed by atoms with Crippen molar-refractivity contribution in [3.05, 3.63) is 71.3 Å². The molecule has 0 fully saturated rings. The summed E-state index contributed by atoms with van der Waals surface area (Å²) >= 11 is 0. The molecule has 0 unspecified atom stereocenters. The summed E-state index contributed by atoms with van der Waals surface area (Å²) in [5, 5.41) is 5.28. The fourth-order valence-corrected chi connectivity index (χ4v) is 4.00. The molecule has 0 aliphatic rings. The fraction of sp³-hybridized carbons (Fsp3) is 0.393. The van der Waals surface area contributed by atoms with Gasteiger partial charge >= 0.3 is 0 Å². The number of carbonyl (C=O) groups is 5. The molecule has 0 radical (unpaired) electrons. The van der Waals surface area contributed by atoms with Gasteiger partial charge in [0.05, 0.1) is 12.5 Å². The van der Waals surface area contributed by atoms with E-state index in [-0.39, 0.29) is 18.6 Å². The maximum atomic E-state index is 13.5. The van der Waals surface area contributed by atoms with Crippen LogP contribution in [0.3, 0.4) is 0 Å². The van der Waals surface area contributed by atoms with Crippen molar-refractivity contribution in [2.75, 3.05) is 6.54 Å². The molecule has 38 heavy (non-hydrogen) atoms. The summed E-state index contributed by atoms with van der Waals surface area (Å²) in [7, 11) is 0. The molecule has 0 saturated heterocycles. The Morgan fingerprint density at radius 2 is 1.47 bits per heavy atom. The van der Waals surface area contributed by atoms with Crippen LogP contribution in [0.4, 0.5) is 0 Å². The fourth-order valence-electron chi connectivity index (χ4n) is 4.00. The SMILES string of the molecule is Cc1ccc(C(=O)N[C@@H](Cc2ccccc2)C(=O)C[C@@H](CCCCN)C(=O)N[C@@H](CC(N)=O)C(N)=O)cc1. The zero-order valence-electron chi connectivity index (χ0n) is 21.7. The van der Waals surface area contributed by atoms with Crippen LogP contribution in [0.15, 0.2) is 54.6 Å². The lowest BCUT2D eigenvalue weighted by atomic mass is 9.90. The highest BCUT2D eigenvalue weighted by Gasteiger charge is 2.30. The highest BCUT2D eigenvalue weighted by molar-refractivity contribution is 5.99. The predicted molar refractivity (Wildman–Crippen MR) is 144 cm³/mol. The largest absolute Gasteiger partial charge is 0.370 e. The van der Waals surface area contributed by atoms with Crippen LogP contribution in [-0.2, 0) is 25.6 Å². The van der Waals surface area contributed by atoms with Gasteiger partial charge in [0.2, 0.25) is 17.7 Å². The first-order valence-corrected chi connectivity index (χ1v) is 12.6. The summed E-state index contributed by atoms with van der Waals surface area (Å²) in [6, 6.07) is 14.0. The van der Waals surface area contributed by atoms with Crippen molar-refractivity contribution in [2.45, 2.75) is 57.5 Å². The van der Waals surface area contributed by atoms with Crippen LogP contribution in [0.5, 0.6) is 0 Å². The Balaban J connectivity index is 2.24. The van der Waals surface area contributed by atoms with Crippen molar-refractivity contribution in [2.24, 2.45) is 23.1 Å². The van der Waals surface area contributed by atoms with E-state index < -0.39 is 48.1 Å². The Bertz CT molecular complexity index is 1100. The molecule has 2 rings (SSSR count). The Labute approximate surface area is 222 Å². The highest BCUT2D eigenvalue weighted by Crippen LogP contribution is 2.18. The summed E-state index contributed by atoms with van der Waals surface area (Å²) in [6.45, 7) is 2.32. The molecule has 10 heteroatoms. The van der Waals surface area contributed by atoms with Crippen LogP contribution in [0.1, 0.15) is 53.6 Å². The van der Waals surface area contributed by atoms with Gasteiger partial charge in [-0.15, -0.1) is 0 Å². The van der Waals surface area contributed by atoms with E-state index >= 15 is 0 Å². The van der Waals surface area contributed by atoms with E-state index in [9.17, 15) is 24.0 Å². The Hall–Kier alpha value is -4.05. The second-order valence-corrected chi connectivity index (χ2v) is 9.37. The normalized spacial score (nSPS) is 13.1. The smallest absolute Gasteiger partial charge is 0.251 e. The number of aryl methyl sites for hydroxylation is 1. The van der Waals surface area contributed by atoms with Crippen molar-refractivity contribution < 1.29 is 24.0 Å². The maximum Gasteiger partial charge on any atom is 0.251 e. The number of nitrogens with two attached hydrogens (primary N) is 3. The molecule has 204 valence electrons. The highest BCUT2D eigenvalue weighted by atomic mass is 16.2. The van der Waals surface area contributed by atoms with E-state index in [1.807, 2.05) is 49.4 Å². The standard InChI is InChI=1S/C28H37N5O5/c1-18-10-12-20(13-11-18)27(37)32-22(15-19-7-3-2-4-8-19)24(34)16-21(9-5-6-14-29)28(38)33-23(26(31)36)17-25(30)35/h2-4,7-8,10-13,21-23H,5-6,9,14-17,29H2,1H3,(H2,30,35)(H2,31,36)(H,32,37)(H,33,38)/t21-,22+,23+/m1/s1. The van der Waals surface area contributed by atoms with Crippen molar-refractivity contribution >= 4 is 29.4 Å². The summed E-state index contributed by atoms with van der Waals surface area (Å²) in [5.41, 5.74) is 18.3. The van der Waals surface area contributed by atoms with Crippen molar-refractivity contribution in [3.63, 3.8) is 0 Å². The van der Waals surface area contributed by atoms with Crippen LogP contribution >= 0.6 is 0 Å². The van der Waals surface area contributed by atoms with Gasteiger partial charge in [0.1, 0.15) is 6.04 Å². The number of benzene rings is 2. The zero-order valence-corrected chi connectivity index (χ0v) is 21.7. The van der Waals surface area contributed by atoms with Gasteiger partial charge in [-0.05, 0) is 50.4 Å². The maximum absolute atomic E-state index is 13.5. The van der Waals surface area contributed by atoms with Gasteiger partial charge in [-0.25, -0.2) is 0 Å². The number of amides is 4. The first kappa shape index (κ1) is 30.2. The van der Waals surface area contributed by atoms with Gasteiger partial charge in [-0.1, -0.05) is 54.4 Å². The second-order valence-electron chi connectivity index (χ2n) is 9.37. The molecule has 0 aliphatic carbocycles. The molecule has 2 aromatic carbocycles. The predicted octanol–water partition coefficient (Wildman–Crippen LogP) is 0.886. The van der Waals surface area contributed by atoms with Crippen molar-refractivity contribution in [1.82, 2.24) is 10.6 Å². The monoisotopic (exact) mass is 523 g/mol. The number of nitrogens with one attached hydrogen (secondary N) is 2. The van der Waals surface area contributed by atoms with E-state index in [1.165, 1.54) is 0 Å². The number of rotatable bonds is 16. The van der Waals surface area contributed by atoms with Crippen LogP contribution in [0.2, 0.25) is 0 Å². The second kappa shape index (κ2) is 15.3. The number of ketones is 1. The molecule has 4 amide bonds. The summed E-state index contributed by atoms with van der Waals surface area (Å²) in [5.74, 6) is -3.86. The minimum absolute atomic E-state index is 0.190. The van der Waals surface area contributed by atoms with Crippen LogP contribution in [0, 0.1) is 12.8 Å². The minimum atomic E-state index is -1.28. The topological polar surface area (TPSA) is 187 Å². The molecule has 8 N–H and O–H groups in total. The quantitative estimate of drug-likeness (QED) is 0.203.